The third-order valence-electron chi connectivity index (χ3n) is 3.38. The molecule has 0 bridgehead atoms. The molecule has 0 saturated heterocycles. The molecule has 0 aliphatic heterocycles. The number of ketones is 4. The predicted octanol–water partition coefficient (Wildman–Crippen LogP) is 1.28. The first-order valence-corrected chi connectivity index (χ1v) is 7.12. The van der Waals surface area contributed by atoms with Crippen LogP contribution in [0.5, 0.6) is 0 Å². The molecule has 0 unspecified atom stereocenters. The fourth-order valence-corrected chi connectivity index (χ4v) is 2.49. The molecule has 1 spiro atoms. The number of carbonyl (C=O) groups excluding carboxylic acids is 4. The normalized spacial score (nSPS) is 20.8. The molecular weight excluding hydrogens is 288 g/mol. The van der Waals surface area contributed by atoms with Gasteiger partial charge >= 0.3 is 0 Å². The molecule has 22 heavy (non-hydrogen) atoms. The number of Topliss-reactive ketones (excluding diaryl/α,β-unsaturated/α-hetero) is 2. The van der Waals surface area contributed by atoms with Crippen LogP contribution in [0.1, 0.15) is 34.1 Å². The van der Waals surface area contributed by atoms with E-state index < -0.39 is 35.0 Å². The summed E-state index contributed by atoms with van der Waals surface area (Å²) in [6, 6.07) is 0. The SMILES string of the molecule is CC(C)OC1=C(OC(C)C)C(=O)C2(CC(=O)C=CC2=O)C1=O. The van der Waals surface area contributed by atoms with Gasteiger partial charge in [-0.25, -0.2) is 0 Å². The third kappa shape index (κ3) is 2.38. The number of hydrogen-bond donors (Lipinski definition) is 0. The molecule has 2 aliphatic rings. The summed E-state index contributed by atoms with van der Waals surface area (Å²) in [7, 11) is 0. The molecule has 0 amide bonds. The van der Waals surface area contributed by atoms with Gasteiger partial charge < -0.3 is 9.47 Å². The number of rotatable bonds is 4. The van der Waals surface area contributed by atoms with Gasteiger partial charge in [-0.1, -0.05) is 0 Å². The average Bonchev–Trinajstić information content (AvgIpc) is 2.59. The van der Waals surface area contributed by atoms with Crippen LogP contribution in [0.15, 0.2) is 23.7 Å². The molecule has 0 radical (unpaired) electrons. The number of carbonyl (C=O) groups is 4. The van der Waals surface area contributed by atoms with E-state index in [0.717, 1.165) is 12.2 Å². The maximum Gasteiger partial charge on any atom is 0.223 e. The van der Waals surface area contributed by atoms with Crippen molar-refractivity contribution >= 4 is 23.1 Å². The summed E-state index contributed by atoms with van der Waals surface area (Å²) in [5, 5.41) is 0. The lowest BCUT2D eigenvalue weighted by molar-refractivity contribution is -0.147. The molecule has 2 aliphatic carbocycles. The van der Waals surface area contributed by atoms with Crippen molar-refractivity contribution in [3.05, 3.63) is 23.7 Å². The molecule has 0 aromatic heterocycles. The Morgan fingerprint density at radius 1 is 0.864 bits per heavy atom. The summed E-state index contributed by atoms with van der Waals surface area (Å²) >= 11 is 0. The van der Waals surface area contributed by atoms with Crippen molar-refractivity contribution in [1.82, 2.24) is 0 Å². The lowest BCUT2D eigenvalue weighted by atomic mass is 9.72. The largest absolute Gasteiger partial charge is 0.484 e. The van der Waals surface area contributed by atoms with Crippen LogP contribution in [0.3, 0.4) is 0 Å². The summed E-state index contributed by atoms with van der Waals surface area (Å²) in [6.07, 6.45) is 0.830. The third-order valence-corrected chi connectivity index (χ3v) is 3.38. The van der Waals surface area contributed by atoms with E-state index in [1.165, 1.54) is 0 Å². The van der Waals surface area contributed by atoms with Crippen molar-refractivity contribution in [3.8, 4) is 0 Å². The highest BCUT2D eigenvalue weighted by Gasteiger charge is 2.62. The fraction of sp³-hybridized carbons (Fsp3) is 0.500. The summed E-state index contributed by atoms with van der Waals surface area (Å²) in [5.74, 6) is -3.24. The molecule has 0 fully saturated rings. The maximum atomic E-state index is 12.7. The molecule has 0 aromatic rings. The Bertz CT molecular complexity index is 589. The summed E-state index contributed by atoms with van der Waals surface area (Å²) < 4.78 is 10.8. The van der Waals surface area contributed by atoms with E-state index in [9.17, 15) is 19.2 Å². The van der Waals surface area contributed by atoms with Crippen molar-refractivity contribution in [2.75, 3.05) is 0 Å². The molecule has 0 aromatic carbocycles. The lowest BCUT2D eigenvalue weighted by Gasteiger charge is -2.24. The van der Waals surface area contributed by atoms with E-state index in [2.05, 4.69) is 0 Å². The van der Waals surface area contributed by atoms with Gasteiger partial charge in [-0.2, -0.15) is 0 Å². The molecule has 0 saturated carbocycles. The second-order valence-electron chi connectivity index (χ2n) is 5.90. The molecule has 118 valence electrons. The van der Waals surface area contributed by atoms with Crippen LogP contribution in [0.4, 0.5) is 0 Å². The predicted molar refractivity (Wildman–Crippen MR) is 75.7 cm³/mol. The highest BCUT2D eigenvalue weighted by molar-refractivity contribution is 6.41. The quantitative estimate of drug-likeness (QED) is 0.727. The van der Waals surface area contributed by atoms with Gasteiger partial charge in [0.1, 0.15) is 0 Å². The highest BCUT2D eigenvalue weighted by Crippen LogP contribution is 2.43. The van der Waals surface area contributed by atoms with Gasteiger partial charge in [0.2, 0.25) is 23.1 Å². The van der Waals surface area contributed by atoms with Crippen molar-refractivity contribution in [1.29, 1.82) is 0 Å². The second-order valence-corrected chi connectivity index (χ2v) is 5.90. The van der Waals surface area contributed by atoms with E-state index in [1.807, 2.05) is 0 Å². The first-order chi connectivity index (χ1) is 10.2. The fourth-order valence-electron chi connectivity index (χ4n) is 2.49. The van der Waals surface area contributed by atoms with Crippen LogP contribution in [0.25, 0.3) is 0 Å². The van der Waals surface area contributed by atoms with E-state index >= 15 is 0 Å². The zero-order chi connectivity index (χ0) is 16.7. The Hall–Kier alpha value is -2.24. The van der Waals surface area contributed by atoms with Gasteiger partial charge in [-0.3, -0.25) is 19.2 Å². The monoisotopic (exact) mass is 306 g/mol. The van der Waals surface area contributed by atoms with Gasteiger partial charge in [-0.05, 0) is 39.8 Å². The Kier molecular flexibility index (Phi) is 4.04. The van der Waals surface area contributed by atoms with Crippen molar-refractivity contribution in [2.24, 2.45) is 5.41 Å². The number of ether oxygens (including phenoxy) is 2. The van der Waals surface area contributed by atoms with Crippen LogP contribution in [0, 0.1) is 5.41 Å². The van der Waals surface area contributed by atoms with Crippen LogP contribution in [-0.2, 0) is 28.7 Å². The van der Waals surface area contributed by atoms with E-state index in [0.29, 0.717) is 0 Å². The second kappa shape index (κ2) is 5.51. The van der Waals surface area contributed by atoms with Crippen LogP contribution in [0.2, 0.25) is 0 Å². The zero-order valence-corrected chi connectivity index (χ0v) is 13.0. The molecule has 0 atom stereocenters. The summed E-state index contributed by atoms with van der Waals surface area (Å²) in [6.45, 7) is 6.76. The standard InChI is InChI=1S/C16H18O6/c1-8(2)21-12-13(22-9(3)4)15(20)16(14(12)19)7-10(17)5-6-11(16)18/h5-6,8-9H,7H2,1-4H3. The Labute approximate surface area is 128 Å². The average molecular weight is 306 g/mol. The molecule has 0 heterocycles. The summed E-state index contributed by atoms with van der Waals surface area (Å²) in [5.41, 5.74) is -2.04. The van der Waals surface area contributed by atoms with Gasteiger partial charge in [0.25, 0.3) is 0 Å². The molecule has 0 N–H and O–H groups in total. The van der Waals surface area contributed by atoms with E-state index in [1.54, 1.807) is 27.7 Å². The first-order valence-electron chi connectivity index (χ1n) is 7.12. The zero-order valence-electron chi connectivity index (χ0n) is 13.0. The van der Waals surface area contributed by atoms with Crippen molar-refractivity contribution in [3.63, 3.8) is 0 Å². The minimum absolute atomic E-state index is 0.259. The number of allylic oxidation sites excluding steroid dienone is 4. The Balaban J connectivity index is 2.54. The molecular formula is C16H18O6. The van der Waals surface area contributed by atoms with Crippen molar-refractivity contribution < 1.29 is 28.7 Å². The molecule has 6 nitrogen and oxygen atoms in total. The maximum absolute atomic E-state index is 12.7. The van der Waals surface area contributed by atoms with E-state index in [4.69, 9.17) is 9.47 Å². The number of hydrogen-bond acceptors (Lipinski definition) is 6. The first kappa shape index (κ1) is 16.1. The Morgan fingerprint density at radius 2 is 1.32 bits per heavy atom. The van der Waals surface area contributed by atoms with Gasteiger partial charge in [0, 0.05) is 6.42 Å². The minimum atomic E-state index is -2.04. The van der Waals surface area contributed by atoms with Crippen LogP contribution < -0.4 is 0 Å². The van der Waals surface area contributed by atoms with Crippen molar-refractivity contribution in [2.45, 2.75) is 46.3 Å². The van der Waals surface area contributed by atoms with Crippen LogP contribution in [-0.4, -0.2) is 35.3 Å². The lowest BCUT2D eigenvalue weighted by Crippen LogP contribution is -2.46. The smallest absolute Gasteiger partial charge is 0.223 e. The van der Waals surface area contributed by atoms with Gasteiger partial charge in [0.15, 0.2) is 17.0 Å². The van der Waals surface area contributed by atoms with Gasteiger partial charge in [-0.15, -0.1) is 0 Å². The highest BCUT2D eigenvalue weighted by atomic mass is 16.5. The topological polar surface area (TPSA) is 86.7 Å². The minimum Gasteiger partial charge on any atom is -0.484 e. The molecule has 6 heteroatoms. The summed E-state index contributed by atoms with van der Waals surface area (Å²) in [4.78, 5) is 49.3. The van der Waals surface area contributed by atoms with Gasteiger partial charge in [0.05, 0.1) is 12.2 Å². The molecule has 2 rings (SSSR count). The van der Waals surface area contributed by atoms with Crippen LogP contribution >= 0.6 is 0 Å². The van der Waals surface area contributed by atoms with E-state index in [-0.39, 0.29) is 23.7 Å². The Morgan fingerprint density at radius 3 is 1.73 bits per heavy atom.